The average Bonchev–Trinajstić information content (AvgIpc) is 2.77. The van der Waals surface area contributed by atoms with Gasteiger partial charge in [-0.2, -0.15) is 13.2 Å². The lowest BCUT2D eigenvalue weighted by atomic mass is 9.93. The molecule has 0 amide bonds. The summed E-state index contributed by atoms with van der Waals surface area (Å²) in [5.41, 5.74) is -1.68. The minimum Gasteiger partial charge on any atom is -0.484 e. The maximum atomic E-state index is 14.9. The van der Waals surface area contributed by atoms with E-state index in [-0.39, 0.29) is 11.1 Å². The van der Waals surface area contributed by atoms with E-state index < -0.39 is 65.9 Å². The van der Waals surface area contributed by atoms with Gasteiger partial charge in [0.1, 0.15) is 23.2 Å². The molecular weight excluding hydrogens is 470 g/mol. The van der Waals surface area contributed by atoms with E-state index in [0.29, 0.717) is 17.0 Å². The molecule has 0 aromatic heterocycles. The molecule has 0 N–H and O–H groups in total. The molecule has 2 nitrogen and oxygen atoms in total. The van der Waals surface area contributed by atoms with Gasteiger partial charge >= 0.3 is 6.18 Å². The van der Waals surface area contributed by atoms with E-state index in [4.69, 9.17) is 0 Å². The molecule has 184 valence electrons. The van der Waals surface area contributed by atoms with Crippen molar-refractivity contribution in [3.8, 4) is 5.75 Å². The van der Waals surface area contributed by atoms with Gasteiger partial charge in [0, 0.05) is 17.7 Å². The van der Waals surface area contributed by atoms with Crippen molar-refractivity contribution in [1.29, 1.82) is 0 Å². The summed E-state index contributed by atoms with van der Waals surface area (Å²) in [6, 6.07) is 8.67. The van der Waals surface area contributed by atoms with Gasteiger partial charge in [-0.3, -0.25) is 0 Å². The van der Waals surface area contributed by atoms with Crippen LogP contribution in [0.25, 0.3) is 11.3 Å². The second-order valence-electron chi connectivity index (χ2n) is 6.73. The highest BCUT2D eigenvalue weighted by Gasteiger charge is 2.33. The smallest absolute Gasteiger partial charge is 0.422 e. The summed E-state index contributed by atoms with van der Waals surface area (Å²) in [6.07, 6.45) is -6.86. The third-order valence-electron chi connectivity index (χ3n) is 4.46. The van der Waals surface area contributed by atoms with Crippen LogP contribution in [0, 0.1) is 11.6 Å². The summed E-state index contributed by atoms with van der Waals surface area (Å²) in [6.45, 7) is 4.47. The predicted molar refractivity (Wildman–Crippen MR) is 114 cm³/mol. The third kappa shape index (κ3) is 6.39. The van der Waals surface area contributed by atoms with Crippen LogP contribution in [0.4, 0.5) is 35.1 Å². The number of hydrogen-bond acceptors (Lipinski definition) is 2. The minimum atomic E-state index is -4.74. The fraction of sp³-hybridized carbons (Fsp3) is 0.250. The van der Waals surface area contributed by atoms with Gasteiger partial charge < -0.3 is 9.64 Å². The topological polar surface area (TPSA) is 12.5 Å². The molecule has 2 aromatic rings. The van der Waals surface area contributed by atoms with E-state index in [1.54, 1.807) is 18.2 Å². The predicted octanol–water partition coefficient (Wildman–Crippen LogP) is 7.75. The highest BCUT2D eigenvalue weighted by atomic mass is 19.4. The van der Waals surface area contributed by atoms with Gasteiger partial charge in [0.15, 0.2) is 6.61 Å². The van der Waals surface area contributed by atoms with E-state index in [1.807, 2.05) is 13.8 Å². The molecule has 2 aromatic carbocycles. The quantitative estimate of drug-likeness (QED) is 0.383. The van der Waals surface area contributed by atoms with Crippen molar-refractivity contribution in [3.05, 3.63) is 89.4 Å². The van der Waals surface area contributed by atoms with Crippen molar-refractivity contribution in [2.75, 3.05) is 13.2 Å². The first kappa shape index (κ1) is 26.9. The van der Waals surface area contributed by atoms with E-state index in [2.05, 4.69) is 11.3 Å². The summed E-state index contributed by atoms with van der Waals surface area (Å²) in [5, 5.41) is 0. The number of hydrogen-bond donors (Lipinski definition) is 0. The summed E-state index contributed by atoms with van der Waals surface area (Å²) >= 11 is 0. The zero-order valence-electron chi connectivity index (χ0n) is 18.2. The number of halogens is 8. The van der Waals surface area contributed by atoms with Gasteiger partial charge in [0.05, 0.1) is 23.5 Å². The van der Waals surface area contributed by atoms with Crippen LogP contribution >= 0.6 is 0 Å². The number of nitrogens with zero attached hydrogens (tertiary/aromatic N) is 1. The third-order valence-corrected chi connectivity index (χ3v) is 4.46. The van der Waals surface area contributed by atoms with E-state index in [0.717, 1.165) is 6.08 Å². The monoisotopic (exact) mass is 491 g/mol. The first-order valence-corrected chi connectivity index (χ1v) is 10.1. The normalized spacial score (nSPS) is 14.1. The molecule has 34 heavy (non-hydrogen) atoms. The fourth-order valence-corrected chi connectivity index (χ4v) is 3.16. The van der Waals surface area contributed by atoms with Crippen molar-refractivity contribution in [2.24, 2.45) is 0 Å². The molecule has 10 heteroatoms. The molecule has 0 bridgehead atoms. The zero-order chi connectivity index (χ0) is 25.6. The van der Waals surface area contributed by atoms with Gasteiger partial charge in [0.2, 0.25) is 0 Å². The molecule has 0 saturated carbocycles. The maximum Gasteiger partial charge on any atom is 0.422 e. The molecule has 0 atom stereocenters. The van der Waals surface area contributed by atoms with E-state index in [1.165, 1.54) is 12.1 Å². The lowest BCUT2D eigenvalue weighted by Crippen LogP contribution is -2.30. The highest BCUT2D eigenvalue weighted by Crippen LogP contribution is 2.42. The van der Waals surface area contributed by atoms with Crippen LogP contribution in [0.2, 0.25) is 0 Å². The van der Waals surface area contributed by atoms with Crippen LogP contribution in [0.1, 0.15) is 25.0 Å². The Labute approximate surface area is 191 Å². The fourth-order valence-electron chi connectivity index (χ4n) is 3.16. The van der Waals surface area contributed by atoms with Crippen LogP contribution in [-0.2, 0) is 0 Å². The molecule has 0 saturated heterocycles. The van der Waals surface area contributed by atoms with Gasteiger partial charge in [-0.15, -0.1) is 0 Å². The van der Waals surface area contributed by atoms with Gasteiger partial charge in [-0.05, 0) is 11.6 Å². The standard InChI is InChI=1S/C22H15F8NO.C2H6/c1-12-16(23)9-15(13-5-3-2-4-6-13)21(31(12)10-19(26)27)20-17(24)7-14(8-18(20)25)32-11-22(28,29)30;1-2/h2-9,19H,1,10-11H2;1-2H3. The first-order chi connectivity index (χ1) is 16.0. The van der Waals surface area contributed by atoms with Crippen molar-refractivity contribution in [2.45, 2.75) is 26.4 Å². The molecule has 1 heterocycles. The van der Waals surface area contributed by atoms with Crippen LogP contribution in [0.15, 0.2) is 66.6 Å². The van der Waals surface area contributed by atoms with Gasteiger partial charge in [-0.25, -0.2) is 22.0 Å². The SMILES string of the molecule is C=C1C(F)=CC(c2ccccc2)=C(c2c(F)cc(OCC(F)(F)F)cc2F)N1CC(F)F.CC. The Balaban J connectivity index is 0.00000199. The van der Waals surface area contributed by atoms with Crippen LogP contribution < -0.4 is 4.74 Å². The summed E-state index contributed by atoms with van der Waals surface area (Å²) in [7, 11) is 0. The largest absolute Gasteiger partial charge is 0.484 e. The maximum absolute atomic E-state index is 14.9. The molecule has 1 aliphatic heterocycles. The Kier molecular flexibility index (Phi) is 8.89. The average molecular weight is 491 g/mol. The van der Waals surface area contributed by atoms with Crippen molar-refractivity contribution in [1.82, 2.24) is 4.90 Å². The van der Waals surface area contributed by atoms with Crippen LogP contribution in [0.5, 0.6) is 5.75 Å². The second-order valence-corrected chi connectivity index (χ2v) is 6.73. The number of allylic oxidation sites excluding steroid dienone is 3. The number of ether oxygens (including phenoxy) is 1. The molecule has 3 rings (SSSR count). The lowest BCUT2D eigenvalue weighted by molar-refractivity contribution is -0.153. The van der Waals surface area contributed by atoms with E-state index in [9.17, 15) is 35.1 Å². The van der Waals surface area contributed by atoms with Gasteiger partial charge in [0.25, 0.3) is 6.43 Å². The zero-order valence-corrected chi connectivity index (χ0v) is 18.2. The molecule has 0 fully saturated rings. The Morgan fingerprint density at radius 3 is 2.03 bits per heavy atom. The molecule has 0 radical (unpaired) electrons. The summed E-state index contributed by atoms with van der Waals surface area (Å²) in [4.78, 5) is 0.639. The van der Waals surface area contributed by atoms with Crippen molar-refractivity contribution >= 4 is 11.3 Å². The highest BCUT2D eigenvalue weighted by molar-refractivity contribution is 5.97. The Bertz CT molecular complexity index is 1050. The lowest BCUT2D eigenvalue weighted by Gasteiger charge is -2.34. The summed E-state index contributed by atoms with van der Waals surface area (Å²) in [5.74, 6) is -4.50. The Morgan fingerprint density at radius 1 is 0.971 bits per heavy atom. The number of alkyl halides is 5. The molecule has 0 aliphatic carbocycles. The van der Waals surface area contributed by atoms with Crippen molar-refractivity contribution < 1.29 is 39.9 Å². The Morgan fingerprint density at radius 2 is 1.53 bits per heavy atom. The van der Waals surface area contributed by atoms with Crippen LogP contribution in [-0.4, -0.2) is 30.7 Å². The van der Waals surface area contributed by atoms with E-state index >= 15 is 0 Å². The molecular formula is C24H21F8NO. The minimum absolute atomic E-state index is 0.113. The second kappa shape index (κ2) is 11.2. The molecule has 0 spiro atoms. The summed E-state index contributed by atoms with van der Waals surface area (Å²) < 4.78 is 112. The molecule has 0 unspecified atom stereocenters. The molecule has 1 aliphatic rings. The van der Waals surface area contributed by atoms with Crippen molar-refractivity contribution in [3.63, 3.8) is 0 Å². The number of rotatable bonds is 6. The van der Waals surface area contributed by atoms with Crippen LogP contribution in [0.3, 0.4) is 0 Å². The number of benzene rings is 2. The first-order valence-electron chi connectivity index (χ1n) is 10.1. The van der Waals surface area contributed by atoms with Gasteiger partial charge in [-0.1, -0.05) is 50.8 Å². The Hall–Kier alpha value is -3.30.